The van der Waals surface area contributed by atoms with Crippen molar-refractivity contribution in [2.75, 3.05) is 13.2 Å². The van der Waals surface area contributed by atoms with Gasteiger partial charge >= 0.3 is 0 Å². The highest BCUT2D eigenvalue weighted by molar-refractivity contribution is 7.14. The third kappa shape index (κ3) is 7.58. The number of aromatic nitrogens is 4. The molecule has 9 heteroatoms. The fraction of sp³-hybridized carbons (Fsp3) is 0.167. The topological polar surface area (TPSA) is 70.0 Å². The largest absolute Gasteiger partial charge is 0.494 e. The Morgan fingerprint density at radius 3 is 1.16 bits per heavy atom. The lowest BCUT2D eigenvalue weighted by atomic mass is 9.97. The first-order valence-electron chi connectivity index (χ1n) is 19.4. The molecule has 282 valence electrons. The highest BCUT2D eigenvalue weighted by Gasteiger charge is 2.25. The molecule has 0 N–H and O–H groups in total. The van der Waals surface area contributed by atoms with Crippen LogP contribution in [0.4, 0.5) is 0 Å². The summed E-state index contributed by atoms with van der Waals surface area (Å²) in [4.78, 5) is 13.4. The van der Waals surface area contributed by atoms with Crippen LogP contribution in [0.1, 0.15) is 39.5 Å². The maximum atomic E-state index is 5.92. The van der Waals surface area contributed by atoms with Crippen molar-refractivity contribution in [3.05, 3.63) is 132 Å². The predicted molar refractivity (Wildman–Crippen MR) is 240 cm³/mol. The molecule has 0 aliphatic heterocycles. The van der Waals surface area contributed by atoms with E-state index in [-0.39, 0.29) is 0 Å². The summed E-state index contributed by atoms with van der Waals surface area (Å²) >= 11 is 4.60. The third-order valence-corrected chi connectivity index (χ3v) is 12.4. The standard InChI is InChI=1S/C48H40N4O2S3/c1-3-5-27-53-37-23-19-33(20-24-37)31-11-15-35(16-12-31)43-44(36-17-13-32(14-18-36)34-21-25-38(26-22-34)54-28-6-4-2)50-46-42(40-10-8-30-56-40)48-47(51-57-52-48)41(45(46)49-43)39-9-7-29-55-39/h7-26,29-30H,3-6,27-28H2,1-2H3. The van der Waals surface area contributed by atoms with Crippen LogP contribution >= 0.6 is 34.4 Å². The number of thiophene rings is 2. The van der Waals surface area contributed by atoms with Crippen molar-refractivity contribution in [3.8, 4) is 77.1 Å². The van der Waals surface area contributed by atoms with Crippen LogP contribution in [0.25, 0.3) is 87.7 Å². The number of unbranched alkanes of at least 4 members (excludes halogenated alkanes) is 2. The zero-order chi connectivity index (χ0) is 38.6. The summed E-state index contributed by atoms with van der Waals surface area (Å²) in [6.45, 7) is 5.81. The molecule has 0 aliphatic carbocycles. The van der Waals surface area contributed by atoms with Crippen LogP contribution in [-0.2, 0) is 0 Å². The number of ether oxygens (including phenoxy) is 2. The van der Waals surface area contributed by atoms with E-state index >= 15 is 0 Å². The predicted octanol–water partition coefficient (Wildman–Crippen LogP) is 14.1. The molecule has 0 radical (unpaired) electrons. The van der Waals surface area contributed by atoms with E-state index in [1.807, 2.05) is 0 Å². The van der Waals surface area contributed by atoms with Crippen molar-refractivity contribution in [1.82, 2.24) is 18.7 Å². The lowest BCUT2D eigenvalue weighted by Gasteiger charge is -2.16. The number of nitrogens with zero attached hydrogens (tertiary/aromatic N) is 4. The molecule has 4 heterocycles. The highest BCUT2D eigenvalue weighted by Crippen LogP contribution is 2.46. The Morgan fingerprint density at radius 2 is 0.807 bits per heavy atom. The Balaban J connectivity index is 1.18. The molecule has 57 heavy (non-hydrogen) atoms. The van der Waals surface area contributed by atoms with Gasteiger partial charge in [0.05, 0.1) is 36.3 Å². The van der Waals surface area contributed by atoms with E-state index in [9.17, 15) is 0 Å². The number of hydrogen-bond donors (Lipinski definition) is 0. The van der Waals surface area contributed by atoms with Crippen LogP contribution in [0.2, 0.25) is 0 Å². The Morgan fingerprint density at radius 1 is 0.439 bits per heavy atom. The minimum Gasteiger partial charge on any atom is -0.494 e. The molecule has 0 aliphatic rings. The van der Waals surface area contributed by atoms with E-state index in [2.05, 4.69) is 146 Å². The lowest BCUT2D eigenvalue weighted by molar-refractivity contribution is 0.309. The van der Waals surface area contributed by atoms with Gasteiger partial charge in [-0.2, -0.15) is 8.75 Å². The average molecular weight is 801 g/mol. The van der Waals surface area contributed by atoms with Crippen LogP contribution in [0.3, 0.4) is 0 Å². The minimum atomic E-state index is 0.734. The van der Waals surface area contributed by atoms with Crippen LogP contribution in [0.5, 0.6) is 11.5 Å². The molecule has 0 atom stereocenters. The monoisotopic (exact) mass is 800 g/mol. The van der Waals surface area contributed by atoms with Crippen molar-refractivity contribution >= 4 is 56.5 Å². The fourth-order valence-electron chi connectivity index (χ4n) is 7.03. The van der Waals surface area contributed by atoms with E-state index < -0.39 is 0 Å². The summed E-state index contributed by atoms with van der Waals surface area (Å²) in [7, 11) is 0. The van der Waals surface area contributed by atoms with Gasteiger partial charge in [-0.25, -0.2) is 9.97 Å². The molecule has 9 aromatic rings. The van der Waals surface area contributed by atoms with E-state index in [0.29, 0.717) is 0 Å². The van der Waals surface area contributed by atoms with Crippen molar-refractivity contribution in [3.63, 3.8) is 0 Å². The normalized spacial score (nSPS) is 11.4. The fourth-order valence-corrected chi connectivity index (χ4v) is 9.14. The molecular formula is C48H40N4O2S3. The molecule has 5 aromatic carbocycles. The molecule has 6 nitrogen and oxygen atoms in total. The van der Waals surface area contributed by atoms with Gasteiger partial charge in [0.25, 0.3) is 0 Å². The lowest BCUT2D eigenvalue weighted by Crippen LogP contribution is -2.00. The average Bonchev–Trinajstić information content (AvgIpc) is 4.09. The zero-order valence-electron chi connectivity index (χ0n) is 31.8. The van der Waals surface area contributed by atoms with Crippen LogP contribution in [0.15, 0.2) is 132 Å². The van der Waals surface area contributed by atoms with Crippen molar-refractivity contribution in [1.29, 1.82) is 0 Å². The summed E-state index contributed by atoms with van der Waals surface area (Å²) in [5, 5.41) is 4.19. The van der Waals surface area contributed by atoms with Crippen LogP contribution in [0, 0.1) is 0 Å². The number of rotatable bonds is 14. The van der Waals surface area contributed by atoms with Gasteiger partial charge in [0, 0.05) is 32.0 Å². The Hall–Kier alpha value is -5.74. The molecule has 0 unspecified atom stereocenters. The Bertz CT molecular complexity index is 2540. The summed E-state index contributed by atoms with van der Waals surface area (Å²) in [5.74, 6) is 1.79. The molecule has 0 fully saturated rings. The van der Waals surface area contributed by atoms with Gasteiger partial charge in [0.15, 0.2) is 0 Å². The van der Waals surface area contributed by atoms with Gasteiger partial charge in [-0.05, 0) is 82.3 Å². The number of hydrogen-bond acceptors (Lipinski definition) is 9. The SMILES string of the molecule is CCCCOc1ccc(-c2ccc(-c3nc4c(-c5cccs5)c5nsnc5c(-c5cccs5)c4nc3-c3ccc(-c4ccc(OCCCC)cc4)cc3)cc2)cc1. The first-order chi connectivity index (χ1) is 28.2. The molecule has 4 aromatic heterocycles. The summed E-state index contributed by atoms with van der Waals surface area (Å²) < 4.78 is 21.6. The van der Waals surface area contributed by atoms with Gasteiger partial charge in [-0.1, -0.05) is 112 Å². The van der Waals surface area contributed by atoms with Crippen molar-refractivity contribution in [2.24, 2.45) is 0 Å². The first kappa shape index (κ1) is 36.9. The first-order valence-corrected chi connectivity index (χ1v) is 21.9. The molecule has 0 saturated carbocycles. The van der Waals surface area contributed by atoms with Crippen LogP contribution < -0.4 is 9.47 Å². The summed E-state index contributed by atoms with van der Waals surface area (Å²) in [5.41, 5.74) is 13.4. The molecule has 0 saturated heterocycles. The number of fused-ring (bicyclic) bond motifs is 2. The molecule has 0 amide bonds. The highest BCUT2D eigenvalue weighted by atomic mass is 32.1. The van der Waals surface area contributed by atoms with Crippen LogP contribution in [-0.4, -0.2) is 31.9 Å². The molecule has 0 bridgehead atoms. The second-order valence-electron chi connectivity index (χ2n) is 13.9. The second-order valence-corrected chi connectivity index (χ2v) is 16.3. The quantitative estimate of drug-likeness (QED) is 0.102. The van der Waals surface area contributed by atoms with Gasteiger partial charge in [0.1, 0.15) is 33.6 Å². The molecule has 9 rings (SSSR count). The second kappa shape index (κ2) is 16.8. The maximum Gasteiger partial charge on any atom is 0.119 e. The van der Waals surface area contributed by atoms with E-state index in [1.165, 1.54) is 11.7 Å². The minimum absolute atomic E-state index is 0.734. The Labute approximate surface area is 344 Å². The van der Waals surface area contributed by atoms with Crippen molar-refractivity contribution < 1.29 is 9.47 Å². The third-order valence-electron chi connectivity index (χ3n) is 10.1. The van der Waals surface area contributed by atoms with Gasteiger partial charge in [-0.3, -0.25) is 0 Å². The summed E-state index contributed by atoms with van der Waals surface area (Å²) in [6.07, 6.45) is 4.32. The zero-order valence-corrected chi connectivity index (χ0v) is 34.2. The van der Waals surface area contributed by atoms with Gasteiger partial charge in [-0.15, -0.1) is 22.7 Å². The van der Waals surface area contributed by atoms with E-state index in [1.54, 1.807) is 22.7 Å². The van der Waals surface area contributed by atoms with E-state index in [0.717, 1.165) is 138 Å². The van der Waals surface area contributed by atoms with Gasteiger partial charge < -0.3 is 9.47 Å². The maximum absolute atomic E-state index is 5.92. The van der Waals surface area contributed by atoms with Crippen molar-refractivity contribution in [2.45, 2.75) is 39.5 Å². The van der Waals surface area contributed by atoms with E-state index in [4.69, 9.17) is 28.2 Å². The molecular weight excluding hydrogens is 761 g/mol. The summed E-state index contributed by atoms with van der Waals surface area (Å²) in [6, 6.07) is 42.4. The Kier molecular flexibility index (Phi) is 10.9. The smallest absolute Gasteiger partial charge is 0.119 e. The van der Waals surface area contributed by atoms with Gasteiger partial charge in [0.2, 0.25) is 0 Å². The molecule has 0 spiro atoms. The number of benzene rings is 5.